The van der Waals surface area contributed by atoms with Gasteiger partial charge < -0.3 is 14.2 Å². The van der Waals surface area contributed by atoms with Gasteiger partial charge in [-0.2, -0.15) is 0 Å². The molecular weight excluding hydrogens is 288 g/mol. The second kappa shape index (κ2) is 4.74. The molecule has 1 heterocycles. The second-order valence-electron chi connectivity index (χ2n) is 9.41. The highest BCUT2D eigenvalue weighted by molar-refractivity contribution is 5.21. The number of hydrogen-bond acceptors (Lipinski definition) is 3. The maximum absolute atomic E-state index is 6.65. The minimum absolute atomic E-state index is 0.178. The van der Waals surface area contributed by atoms with Gasteiger partial charge >= 0.3 is 0 Å². The first-order valence-electron chi connectivity index (χ1n) is 9.76. The van der Waals surface area contributed by atoms with E-state index < -0.39 is 5.97 Å². The summed E-state index contributed by atoms with van der Waals surface area (Å²) in [6.45, 7) is 14.5. The summed E-state index contributed by atoms with van der Waals surface area (Å²) < 4.78 is 19.1. The molecule has 3 nitrogen and oxygen atoms in total. The summed E-state index contributed by atoms with van der Waals surface area (Å²) in [5.74, 6) is 1.39. The Balaban J connectivity index is 1.75. The molecule has 0 aromatic carbocycles. The number of ether oxygens (including phenoxy) is 3. The Kier molecular flexibility index (Phi) is 3.37. The van der Waals surface area contributed by atoms with Crippen LogP contribution in [-0.4, -0.2) is 24.3 Å². The molecule has 23 heavy (non-hydrogen) atoms. The van der Waals surface area contributed by atoms with Crippen LogP contribution in [0.2, 0.25) is 0 Å². The Bertz CT molecular complexity index is 503. The molecule has 3 heteroatoms. The fourth-order valence-electron chi connectivity index (χ4n) is 7.23. The molecular formula is C20H34O3. The smallest absolute Gasteiger partial charge is 0.283 e. The first-order valence-corrected chi connectivity index (χ1v) is 9.76. The standard InChI is InChI=1S/C20H34O3/c1-7-20(21-8-2)22-16-12-19-11-15(18(16,6)23-20)17(4,5)14(19)10-9-13(19)3/h13-16H,7-12H2,1-6H3/t13-,14+,15-,16+,18-,19-,20?/m1/s1. The summed E-state index contributed by atoms with van der Waals surface area (Å²) in [5, 5.41) is 0. The zero-order valence-electron chi connectivity index (χ0n) is 15.8. The van der Waals surface area contributed by atoms with E-state index in [4.69, 9.17) is 14.2 Å². The van der Waals surface area contributed by atoms with E-state index >= 15 is 0 Å². The summed E-state index contributed by atoms with van der Waals surface area (Å²) in [7, 11) is 0. The lowest BCUT2D eigenvalue weighted by atomic mass is 9.63. The Morgan fingerprint density at radius 2 is 1.78 bits per heavy atom. The summed E-state index contributed by atoms with van der Waals surface area (Å²) >= 11 is 0. The molecule has 7 atom stereocenters. The van der Waals surface area contributed by atoms with Crippen molar-refractivity contribution < 1.29 is 14.2 Å². The van der Waals surface area contributed by atoms with Crippen molar-refractivity contribution in [2.45, 2.75) is 91.3 Å². The molecule has 4 fully saturated rings. The summed E-state index contributed by atoms with van der Waals surface area (Å²) in [6, 6.07) is 0. The van der Waals surface area contributed by atoms with Crippen LogP contribution >= 0.6 is 0 Å². The van der Waals surface area contributed by atoms with Gasteiger partial charge in [0.2, 0.25) is 0 Å². The predicted molar refractivity (Wildman–Crippen MR) is 89.8 cm³/mol. The average molecular weight is 322 g/mol. The van der Waals surface area contributed by atoms with Gasteiger partial charge in [0.15, 0.2) is 0 Å². The SMILES string of the molecule is CCOC1(CC)O[C@H]2C[C@@]34C[C@H](C(C)(C)[C@@H]3CC[C@H]4C)[C@@]2(C)O1. The first-order chi connectivity index (χ1) is 10.7. The van der Waals surface area contributed by atoms with Gasteiger partial charge in [-0.25, -0.2) is 0 Å². The number of fused-ring (bicyclic) bond motifs is 3. The molecule has 1 saturated heterocycles. The third-order valence-electron chi connectivity index (χ3n) is 8.34. The molecule has 1 aliphatic heterocycles. The van der Waals surface area contributed by atoms with Crippen LogP contribution in [0.4, 0.5) is 0 Å². The predicted octanol–water partition coefficient (Wildman–Crippen LogP) is 4.74. The minimum atomic E-state index is -0.817. The van der Waals surface area contributed by atoms with Crippen molar-refractivity contribution in [2.75, 3.05) is 6.61 Å². The highest BCUT2D eigenvalue weighted by Gasteiger charge is 2.74. The Morgan fingerprint density at radius 1 is 1.04 bits per heavy atom. The van der Waals surface area contributed by atoms with Crippen LogP contribution in [0.1, 0.15) is 73.6 Å². The fraction of sp³-hybridized carbons (Fsp3) is 1.00. The summed E-state index contributed by atoms with van der Waals surface area (Å²) in [4.78, 5) is 0. The topological polar surface area (TPSA) is 27.7 Å². The lowest BCUT2D eigenvalue weighted by molar-refractivity contribution is -0.351. The van der Waals surface area contributed by atoms with E-state index in [1.165, 1.54) is 19.3 Å². The van der Waals surface area contributed by atoms with Crippen molar-refractivity contribution in [1.82, 2.24) is 0 Å². The van der Waals surface area contributed by atoms with Gasteiger partial charge in [0.1, 0.15) is 5.60 Å². The Hall–Kier alpha value is -0.120. The summed E-state index contributed by atoms with van der Waals surface area (Å²) in [5.41, 5.74) is 0.593. The van der Waals surface area contributed by atoms with Crippen LogP contribution in [0.15, 0.2) is 0 Å². The molecule has 4 rings (SSSR count). The van der Waals surface area contributed by atoms with Gasteiger partial charge in [-0.1, -0.05) is 27.7 Å². The van der Waals surface area contributed by atoms with Crippen LogP contribution < -0.4 is 0 Å². The molecule has 0 radical (unpaired) electrons. The third-order valence-corrected chi connectivity index (χ3v) is 8.34. The molecule has 0 amide bonds. The van der Waals surface area contributed by atoms with Gasteiger partial charge in [-0.3, -0.25) is 0 Å². The minimum Gasteiger partial charge on any atom is -0.328 e. The average Bonchev–Trinajstić information content (AvgIpc) is 3.02. The summed E-state index contributed by atoms with van der Waals surface area (Å²) in [6.07, 6.45) is 6.18. The first kappa shape index (κ1) is 16.4. The van der Waals surface area contributed by atoms with E-state index in [0.717, 1.165) is 24.7 Å². The van der Waals surface area contributed by atoms with Gasteiger partial charge in [-0.05, 0) is 68.1 Å². The Labute approximate surface area is 141 Å². The van der Waals surface area contributed by atoms with E-state index in [1.54, 1.807) is 0 Å². The molecule has 0 aromatic heterocycles. The van der Waals surface area contributed by atoms with Gasteiger partial charge in [0.25, 0.3) is 5.97 Å². The molecule has 0 N–H and O–H groups in total. The van der Waals surface area contributed by atoms with E-state index in [-0.39, 0.29) is 11.7 Å². The molecule has 1 spiro atoms. The maximum atomic E-state index is 6.65. The molecule has 1 unspecified atom stereocenters. The van der Waals surface area contributed by atoms with Crippen LogP contribution in [0.25, 0.3) is 0 Å². The quantitative estimate of drug-likeness (QED) is 0.751. The van der Waals surface area contributed by atoms with Crippen molar-refractivity contribution in [1.29, 1.82) is 0 Å². The van der Waals surface area contributed by atoms with Crippen LogP contribution in [0, 0.1) is 28.6 Å². The highest BCUT2D eigenvalue weighted by Crippen LogP contribution is 2.75. The molecule has 3 saturated carbocycles. The van der Waals surface area contributed by atoms with Crippen molar-refractivity contribution >= 4 is 0 Å². The van der Waals surface area contributed by atoms with E-state index in [1.807, 2.05) is 6.92 Å². The van der Waals surface area contributed by atoms with Crippen LogP contribution in [0.3, 0.4) is 0 Å². The number of rotatable bonds is 3. The maximum Gasteiger partial charge on any atom is 0.283 e. The van der Waals surface area contributed by atoms with Crippen molar-refractivity contribution in [2.24, 2.45) is 28.6 Å². The highest BCUT2D eigenvalue weighted by atomic mass is 16.9. The second-order valence-corrected chi connectivity index (χ2v) is 9.41. The van der Waals surface area contributed by atoms with Gasteiger partial charge in [0.05, 0.1) is 6.10 Å². The zero-order chi connectivity index (χ0) is 16.7. The lowest BCUT2D eigenvalue weighted by Gasteiger charge is -2.47. The van der Waals surface area contributed by atoms with E-state index in [9.17, 15) is 0 Å². The molecule has 4 aliphatic rings. The van der Waals surface area contributed by atoms with Crippen molar-refractivity contribution in [3.63, 3.8) is 0 Å². The Morgan fingerprint density at radius 3 is 2.43 bits per heavy atom. The van der Waals surface area contributed by atoms with Crippen molar-refractivity contribution in [3.8, 4) is 0 Å². The van der Waals surface area contributed by atoms with Crippen LogP contribution in [0.5, 0.6) is 0 Å². The van der Waals surface area contributed by atoms with Gasteiger partial charge in [-0.15, -0.1) is 0 Å². The van der Waals surface area contributed by atoms with E-state index in [0.29, 0.717) is 23.4 Å². The van der Waals surface area contributed by atoms with E-state index in [2.05, 4.69) is 34.6 Å². The lowest BCUT2D eigenvalue weighted by Crippen LogP contribution is -2.52. The third kappa shape index (κ3) is 1.82. The largest absolute Gasteiger partial charge is 0.328 e. The van der Waals surface area contributed by atoms with Crippen LogP contribution in [-0.2, 0) is 14.2 Å². The normalized spacial score (nSPS) is 56.6. The van der Waals surface area contributed by atoms with Gasteiger partial charge in [0, 0.05) is 13.0 Å². The zero-order valence-corrected chi connectivity index (χ0v) is 15.8. The molecule has 2 bridgehead atoms. The monoisotopic (exact) mass is 322 g/mol. The fourth-order valence-corrected chi connectivity index (χ4v) is 7.23. The molecule has 3 aliphatic carbocycles. The number of hydrogen-bond donors (Lipinski definition) is 0. The molecule has 132 valence electrons. The van der Waals surface area contributed by atoms with Crippen molar-refractivity contribution in [3.05, 3.63) is 0 Å². The molecule has 0 aromatic rings.